The molecule has 156 valence electrons. The summed E-state index contributed by atoms with van der Waals surface area (Å²) in [4.78, 5) is 34.5. The van der Waals surface area contributed by atoms with Gasteiger partial charge in [-0.15, -0.1) is 11.3 Å². The second-order valence-corrected chi connectivity index (χ2v) is 8.69. The van der Waals surface area contributed by atoms with Gasteiger partial charge in [-0.2, -0.15) is 0 Å². The van der Waals surface area contributed by atoms with E-state index < -0.39 is 6.04 Å². The molecule has 1 atom stereocenters. The van der Waals surface area contributed by atoms with E-state index in [0.717, 1.165) is 31.7 Å². The minimum absolute atomic E-state index is 0.00542. The molecule has 1 aromatic carbocycles. The molecule has 29 heavy (non-hydrogen) atoms. The van der Waals surface area contributed by atoms with Crippen molar-refractivity contribution >= 4 is 23.2 Å². The van der Waals surface area contributed by atoms with Crippen LogP contribution >= 0.6 is 11.3 Å². The number of carbonyl (C=O) groups is 2. The van der Waals surface area contributed by atoms with E-state index >= 15 is 0 Å². The standard InChI is InChI=1S/C22H30N4O2S/c1-4-19-23-18(15-29-19)14-25-10-12-26(13-11-25)22(28)20(16(2)3)24-21(27)17-8-6-5-7-9-17/h5-9,15-16,20H,4,10-14H2,1-3H3,(H,24,27). The predicted molar refractivity (Wildman–Crippen MR) is 116 cm³/mol. The molecule has 6 nitrogen and oxygen atoms in total. The molecule has 2 aromatic rings. The van der Waals surface area contributed by atoms with Crippen molar-refractivity contribution in [3.8, 4) is 0 Å². The van der Waals surface area contributed by atoms with Crippen LogP contribution in [0.3, 0.4) is 0 Å². The fourth-order valence-corrected chi connectivity index (χ4v) is 4.20. The lowest BCUT2D eigenvalue weighted by atomic mass is 10.0. The summed E-state index contributed by atoms with van der Waals surface area (Å²) >= 11 is 1.71. The Hall–Kier alpha value is -2.25. The van der Waals surface area contributed by atoms with Gasteiger partial charge in [0, 0.05) is 43.7 Å². The molecule has 1 N–H and O–H groups in total. The van der Waals surface area contributed by atoms with Crippen LogP contribution in [0.2, 0.25) is 0 Å². The molecule has 0 spiro atoms. The van der Waals surface area contributed by atoms with Gasteiger partial charge in [-0.3, -0.25) is 14.5 Å². The van der Waals surface area contributed by atoms with Crippen LogP contribution in [0.1, 0.15) is 41.8 Å². The number of nitrogens with one attached hydrogen (secondary N) is 1. The largest absolute Gasteiger partial charge is 0.340 e. The number of benzene rings is 1. The van der Waals surface area contributed by atoms with Gasteiger partial charge in [-0.05, 0) is 24.5 Å². The number of hydrogen-bond donors (Lipinski definition) is 1. The van der Waals surface area contributed by atoms with Crippen LogP contribution in [0.25, 0.3) is 0 Å². The quantitative estimate of drug-likeness (QED) is 0.757. The first kappa shape index (κ1) is 21.5. The molecule has 0 aliphatic carbocycles. The minimum Gasteiger partial charge on any atom is -0.340 e. The van der Waals surface area contributed by atoms with Crippen LogP contribution in [-0.4, -0.2) is 58.8 Å². The Morgan fingerprint density at radius 3 is 2.41 bits per heavy atom. The van der Waals surface area contributed by atoms with Crippen LogP contribution in [-0.2, 0) is 17.8 Å². The Bertz CT molecular complexity index is 813. The van der Waals surface area contributed by atoms with Crippen molar-refractivity contribution in [2.75, 3.05) is 26.2 Å². The number of amides is 2. The van der Waals surface area contributed by atoms with Gasteiger partial charge < -0.3 is 10.2 Å². The van der Waals surface area contributed by atoms with E-state index in [4.69, 9.17) is 0 Å². The predicted octanol–water partition coefficient (Wildman–Crippen LogP) is 2.80. The monoisotopic (exact) mass is 414 g/mol. The number of carbonyl (C=O) groups excluding carboxylic acids is 2. The average Bonchev–Trinajstić information content (AvgIpc) is 3.20. The van der Waals surface area contributed by atoms with Gasteiger partial charge in [0.2, 0.25) is 5.91 Å². The van der Waals surface area contributed by atoms with E-state index in [-0.39, 0.29) is 17.7 Å². The molecule has 1 aliphatic heterocycles. The lowest BCUT2D eigenvalue weighted by molar-refractivity contribution is -0.136. The third-order valence-electron chi connectivity index (χ3n) is 5.23. The Morgan fingerprint density at radius 2 is 1.83 bits per heavy atom. The number of aryl methyl sites for hydroxylation is 1. The van der Waals surface area contributed by atoms with E-state index in [2.05, 4.69) is 27.5 Å². The number of thiazole rings is 1. The van der Waals surface area contributed by atoms with Gasteiger partial charge in [0.05, 0.1) is 10.7 Å². The number of piperazine rings is 1. The molecule has 0 saturated carbocycles. The molecular formula is C22H30N4O2S. The first-order valence-corrected chi connectivity index (χ1v) is 11.2. The topological polar surface area (TPSA) is 65.5 Å². The summed E-state index contributed by atoms with van der Waals surface area (Å²) in [5.41, 5.74) is 1.69. The Balaban J connectivity index is 1.55. The maximum Gasteiger partial charge on any atom is 0.251 e. The van der Waals surface area contributed by atoms with Gasteiger partial charge in [-0.25, -0.2) is 4.98 Å². The van der Waals surface area contributed by atoms with E-state index in [1.807, 2.05) is 36.9 Å². The van der Waals surface area contributed by atoms with Gasteiger partial charge in [0.15, 0.2) is 0 Å². The van der Waals surface area contributed by atoms with Gasteiger partial charge in [0.1, 0.15) is 6.04 Å². The number of hydrogen-bond acceptors (Lipinski definition) is 5. The van der Waals surface area contributed by atoms with Crippen LogP contribution in [0.15, 0.2) is 35.7 Å². The second-order valence-electron chi connectivity index (χ2n) is 7.75. The first-order chi connectivity index (χ1) is 14.0. The average molecular weight is 415 g/mol. The van der Waals surface area contributed by atoms with Crippen molar-refractivity contribution in [2.24, 2.45) is 5.92 Å². The zero-order valence-electron chi connectivity index (χ0n) is 17.4. The summed E-state index contributed by atoms with van der Waals surface area (Å²) in [7, 11) is 0. The van der Waals surface area contributed by atoms with E-state index in [0.29, 0.717) is 18.7 Å². The van der Waals surface area contributed by atoms with Crippen LogP contribution in [0, 0.1) is 5.92 Å². The summed E-state index contributed by atoms with van der Waals surface area (Å²) in [5, 5.41) is 6.24. The van der Waals surface area contributed by atoms with Crippen molar-refractivity contribution in [3.05, 3.63) is 52.0 Å². The third-order valence-corrected chi connectivity index (χ3v) is 6.27. The van der Waals surface area contributed by atoms with Crippen molar-refractivity contribution in [2.45, 2.75) is 39.8 Å². The van der Waals surface area contributed by atoms with E-state index in [9.17, 15) is 9.59 Å². The van der Waals surface area contributed by atoms with Crippen LogP contribution in [0.5, 0.6) is 0 Å². The highest BCUT2D eigenvalue weighted by molar-refractivity contribution is 7.09. The van der Waals surface area contributed by atoms with Crippen molar-refractivity contribution in [1.82, 2.24) is 20.1 Å². The zero-order chi connectivity index (χ0) is 20.8. The fraction of sp³-hybridized carbons (Fsp3) is 0.500. The molecule has 1 unspecified atom stereocenters. The van der Waals surface area contributed by atoms with E-state index in [1.54, 1.807) is 23.5 Å². The lowest BCUT2D eigenvalue weighted by Crippen LogP contribution is -2.56. The number of nitrogens with zero attached hydrogens (tertiary/aromatic N) is 3. The first-order valence-electron chi connectivity index (χ1n) is 10.3. The highest BCUT2D eigenvalue weighted by Gasteiger charge is 2.31. The SMILES string of the molecule is CCc1nc(CN2CCN(C(=O)C(NC(=O)c3ccccc3)C(C)C)CC2)cs1. The Morgan fingerprint density at radius 1 is 1.14 bits per heavy atom. The highest BCUT2D eigenvalue weighted by atomic mass is 32.1. The van der Waals surface area contributed by atoms with Crippen molar-refractivity contribution in [1.29, 1.82) is 0 Å². The molecule has 2 heterocycles. The summed E-state index contributed by atoms with van der Waals surface area (Å²) < 4.78 is 0. The van der Waals surface area contributed by atoms with E-state index in [1.165, 1.54) is 5.01 Å². The molecule has 1 fully saturated rings. The highest BCUT2D eigenvalue weighted by Crippen LogP contribution is 2.15. The fourth-order valence-electron chi connectivity index (χ4n) is 3.46. The molecule has 1 aromatic heterocycles. The summed E-state index contributed by atoms with van der Waals surface area (Å²) in [6, 6.07) is 8.53. The normalized spacial score (nSPS) is 16.1. The molecule has 1 saturated heterocycles. The van der Waals surface area contributed by atoms with Gasteiger partial charge >= 0.3 is 0 Å². The second kappa shape index (κ2) is 9.98. The number of rotatable bonds is 7. The van der Waals surface area contributed by atoms with Gasteiger partial charge in [-0.1, -0.05) is 39.0 Å². The molecule has 2 amide bonds. The van der Waals surface area contributed by atoms with Crippen LogP contribution < -0.4 is 5.32 Å². The molecule has 3 rings (SSSR count). The molecule has 1 aliphatic rings. The zero-order valence-corrected chi connectivity index (χ0v) is 18.2. The summed E-state index contributed by atoms with van der Waals surface area (Å²) in [5.74, 6) is -0.173. The maximum atomic E-state index is 13.1. The van der Waals surface area contributed by atoms with Gasteiger partial charge in [0.25, 0.3) is 5.91 Å². The Labute approximate surface area is 176 Å². The smallest absolute Gasteiger partial charge is 0.251 e. The molecular weight excluding hydrogens is 384 g/mol. The number of aromatic nitrogens is 1. The molecule has 0 radical (unpaired) electrons. The summed E-state index contributed by atoms with van der Waals surface area (Å²) in [6.45, 7) is 9.88. The van der Waals surface area contributed by atoms with Crippen molar-refractivity contribution < 1.29 is 9.59 Å². The maximum absolute atomic E-state index is 13.1. The molecule has 0 bridgehead atoms. The molecule has 7 heteroatoms. The lowest BCUT2D eigenvalue weighted by Gasteiger charge is -2.37. The van der Waals surface area contributed by atoms with Crippen LogP contribution in [0.4, 0.5) is 0 Å². The van der Waals surface area contributed by atoms with Crippen molar-refractivity contribution in [3.63, 3.8) is 0 Å². The third kappa shape index (κ3) is 5.64. The minimum atomic E-state index is -0.514. The summed E-state index contributed by atoms with van der Waals surface area (Å²) in [6.07, 6.45) is 0.970. The Kier molecular flexibility index (Phi) is 7.39.